The van der Waals surface area contributed by atoms with Gasteiger partial charge in [-0.2, -0.15) is 13.2 Å². The van der Waals surface area contributed by atoms with Crippen molar-refractivity contribution in [2.24, 2.45) is 0 Å². The van der Waals surface area contributed by atoms with Crippen LogP contribution >= 0.6 is 0 Å². The summed E-state index contributed by atoms with van der Waals surface area (Å²) in [6, 6.07) is 15.2. The van der Waals surface area contributed by atoms with E-state index in [-0.39, 0.29) is 42.5 Å². The zero-order chi connectivity index (χ0) is 32.3. The minimum atomic E-state index is -5.05. The number of H-pyrrole nitrogens is 1. The summed E-state index contributed by atoms with van der Waals surface area (Å²) >= 11 is 0. The fourth-order valence-electron chi connectivity index (χ4n) is 6.06. The number of aromatic amines is 1. The molecule has 0 spiro atoms. The van der Waals surface area contributed by atoms with E-state index in [1.54, 1.807) is 18.2 Å². The Morgan fingerprint density at radius 1 is 1.04 bits per heavy atom. The molecule has 2 aliphatic rings. The first-order valence-corrected chi connectivity index (χ1v) is 15.1. The van der Waals surface area contributed by atoms with E-state index in [0.29, 0.717) is 28.8 Å². The minimum absolute atomic E-state index is 0.0798. The number of hydrogen-bond donors (Lipinski definition) is 2. The summed E-state index contributed by atoms with van der Waals surface area (Å²) in [6.45, 7) is 4.08. The monoisotopic (exact) mass is 632 g/mol. The molecule has 2 atom stereocenters. The van der Waals surface area contributed by atoms with Crippen molar-refractivity contribution in [1.29, 1.82) is 0 Å². The molecule has 2 aromatic heterocycles. The maximum atomic E-state index is 15.2. The predicted molar refractivity (Wildman–Crippen MR) is 162 cm³/mol. The van der Waals surface area contributed by atoms with E-state index < -0.39 is 34.9 Å². The fraction of sp³-hybridized carbons (Fsp3) is 0.286. The number of fused-ring (bicyclic) bond motifs is 2. The van der Waals surface area contributed by atoms with E-state index in [1.807, 2.05) is 44.2 Å². The number of alkyl halides is 3. The number of aromatic nitrogens is 3. The Balaban J connectivity index is 1.27. The number of nitrogens with one attached hydrogen (secondary N) is 2. The Labute approximate surface area is 261 Å². The van der Waals surface area contributed by atoms with E-state index in [4.69, 9.17) is 9.72 Å². The molecule has 5 aromatic rings. The second-order valence-electron chi connectivity index (χ2n) is 12.1. The molecule has 1 aliphatic carbocycles. The van der Waals surface area contributed by atoms with Gasteiger partial charge < -0.3 is 15.0 Å². The van der Waals surface area contributed by atoms with Gasteiger partial charge in [-0.25, -0.2) is 18.7 Å². The third-order valence-corrected chi connectivity index (χ3v) is 8.69. The molecule has 2 unspecified atom stereocenters. The van der Waals surface area contributed by atoms with Crippen molar-refractivity contribution in [3.05, 3.63) is 112 Å². The molecule has 7 rings (SSSR count). The lowest BCUT2D eigenvalue weighted by Crippen LogP contribution is -2.29. The molecule has 3 aromatic carbocycles. The zero-order valence-electron chi connectivity index (χ0n) is 24.9. The Kier molecular flexibility index (Phi) is 7.29. The van der Waals surface area contributed by atoms with Gasteiger partial charge in [0.2, 0.25) is 0 Å². The molecule has 3 heterocycles. The first kappa shape index (κ1) is 29.9. The Morgan fingerprint density at radius 3 is 2.52 bits per heavy atom. The van der Waals surface area contributed by atoms with Gasteiger partial charge in [0.15, 0.2) is 0 Å². The summed E-state index contributed by atoms with van der Waals surface area (Å²) in [4.78, 5) is 26.2. The van der Waals surface area contributed by atoms with Crippen LogP contribution in [-0.2, 0) is 6.18 Å². The number of amides is 1. The highest BCUT2D eigenvalue weighted by atomic mass is 19.4. The van der Waals surface area contributed by atoms with Gasteiger partial charge in [0.05, 0.1) is 28.9 Å². The Morgan fingerprint density at radius 2 is 1.80 bits per heavy atom. The number of aryl methyl sites for hydroxylation is 1. The maximum Gasteiger partial charge on any atom is 0.419 e. The van der Waals surface area contributed by atoms with Crippen LogP contribution in [0.1, 0.15) is 81.6 Å². The van der Waals surface area contributed by atoms with Crippen LogP contribution in [-0.4, -0.2) is 34.0 Å². The molecule has 0 radical (unpaired) electrons. The van der Waals surface area contributed by atoms with Crippen molar-refractivity contribution >= 4 is 16.9 Å². The largest absolute Gasteiger partial charge is 0.490 e. The van der Waals surface area contributed by atoms with Gasteiger partial charge in [0.25, 0.3) is 5.91 Å². The number of pyridine rings is 1. The van der Waals surface area contributed by atoms with Gasteiger partial charge >= 0.3 is 6.18 Å². The minimum Gasteiger partial charge on any atom is -0.490 e. The molecule has 236 valence electrons. The van der Waals surface area contributed by atoms with Crippen molar-refractivity contribution in [3.8, 4) is 17.0 Å². The molecule has 1 amide bonds. The van der Waals surface area contributed by atoms with Crippen LogP contribution in [0.15, 0.2) is 60.7 Å². The molecule has 0 saturated heterocycles. The molecule has 46 heavy (non-hydrogen) atoms. The summed E-state index contributed by atoms with van der Waals surface area (Å²) in [5.41, 5.74) is 2.45. The molecular formula is C35H29F5N4O2. The van der Waals surface area contributed by atoms with Crippen LogP contribution in [0.2, 0.25) is 0 Å². The number of hydrogen-bond acceptors (Lipinski definition) is 4. The van der Waals surface area contributed by atoms with E-state index in [0.717, 1.165) is 40.8 Å². The summed E-state index contributed by atoms with van der Waals surface area (Å²) < 4.78 is 76.1. The van der Waals surface area contributed by atoms with E-state index in [2.05, 4.69) is 15.3 Å². The molecule has 6 nitrogen and oxygen atoms in total. The lowest BCUT2D eigenvalue weighted by Gasteiger charge is -2.21. The smallest absolute Gasteiger partial charge is 0.419 e. The third kappa shape index (κ3) is 5.48. The molecule has 2 N–H and O–H groups in total. The summed E-state index contributed by atoms with van der Waals surface area (Å²) in [5, 5.41) is 3.00. The predicted octanol–water partition coefficient (Wildman–Crippen LogP) is 8.17. The fourth-order valence-corrected chi connectivity index (χ4v) is 6.06. The zero-order valence-corrected chi connectivity index (χ0v) is 24.9. The summed E-state index contributed by atoms with van der Waals surface area (Å²) in [5.74, 6) is -2.46. The average molecular weight is 633 g/mol. The number of carbonyl (C=O) groups is 1. The molecule has 1 saturated carbocycles. The number of benzene rings is 3. The second kappa shape index (κ2) is 11.2. The molecule has 1 fully saturated rings. The van der Waals surface area contributed by atoms with E-state index >= 15 is 4.39 Å². The Bertz CT molecular complexity index is 1990. The highest BCUT2D eigenvalue weighted by Crippen LogP contribution is 2.45. The van der Waals surface area contributed by atoms with Gasteiger partial charge in [-0.15, -0.1) is 0 Å². The lowest BCUT2D eigenvalue weighted by atomic mass is 9.91. The van der Waals surface area contributed by atoms with Crippen molar-refractivity contribution < 1.29 is 31.5 Å². The van der Waals surface area contributed by atoms with Crippen LogP contribution in [0.3, 0.4) is 0 Å². The topological polar surface area (TPSA) is 79.9 Å². The van der Waals surface area contributed by atoms with Crippen molar-refractivity contribution in [2.45, 2.75) is 50.6 Å². The van der Waals surface area contributed by atoms with Crippen molar-refractivity contribution in [3.63, 3.8) is 0 Å². The number of imidazole rings is 1. The SMILES string of the molecule is Cc1cc(C(=O)NCC(c2ccccc2)c2cc3c(c(-c4cc(C(F)(F)F)c(F)cc4F)n2)OCC3C)cc2[nH]c(C3CC3)nc12. The quantitative estimate of drug-likeness (QED) is 0.178. The van der Waals surface area contributed by atoms with Crippen molar-refractivity contribution in [1.82, 2.24) is 20.3 Å². The van der Waals surface area contributed by atoms with Gasteiger partial charge in [0, 0.05) is 47.1 Å². The van der Waals surface area contributed by atoms with Crippen LogP contribution in [0, 0.1) is 18.6 Å². The van der Waals surface area contributed by atoms with Crippen LogP contribution in [0.5, 0.6) is 5.75 Å². The average Bonchev–Trinajstić information content (AvgIpc) is 3.67. The van der Waals surface area contributed by atoms with E-state index in [9.17, 15) is 22.4 Å². The first-order chi connectivity index (χ1) is 22.0. The van der Waals surface area contributed by atoms with Crippen LogP contribution in [0.4, 0.5) is 22.0 Å². The molecule has 0 bridgehead atoms. The highest BCUT2D eigenvalue weighted by molar-refractivity contribution is 5.98. The van der Waals surface area contributed by atoms with Gasteiger partial charge in [0.1, 0.15) is 28.9 Å². The van der Waals surface area contributed by atoms with Crippen molar-refractivity contribution in [2.75, 3.05) is 13.2 Å². The number of carbonyl (C=O) groups excluding carboxylic acids is 1. The molecule has 1 aliphatic heterocycles. The van der Waals surface area contributed by atoms with Crippen LogP contribution < -0.4 is 10.1 Å². The number of ether oxygens (including phenoxy) is 1. The third-order valence-electron chi connectivity index (χ3n) is 8.69. The standard InChI is InChI=1S/C35H29F5N4O2/c1-17-10-21(11-29-30(17)44-33(43-29)20-8-9-20)34(45)41-15-24(19-6-4-3-5-7-19)28-13-22-18(2)16-46-32(22)31(42-28)23-12-25(35(38,39)40)27(37)14-26(23)36/h3-7,10-14,18,20,24H,8-9,15-16H2,1-2H3,(H,41,45)(H,43,44). The summed E-state index contributed by atoms with van der Waals surface area (Å²) in [6.07, 6.45) is -2.86. The maximum absolute atomic E-state index is 15.2. The van der Waals surface area contributed by atoms with E-state index in [1.165, 1.54) is 0 Å². The summed E-state index contributed by atoms with van der Waals surface area (Å²) in [7, 11) is 0. The Hall–Kier alpha value is -4.80. The molecule has 11 heteroatoms. The lowest BCUT2D eigenvalue weighted by molar-refractivity contribution is -0.140. The normalized spacial score (nSPS) is 16.7. The highest BCUT2D eigenvalue weighted by Gasteiger charge is 2.37. The van der Waals surface area contributed by atoms with Gasteiger partial charge in [-0.05, 0) is 55.2 Å². The van der Waals surface area contributed by atoms with Crippen LogP contribution in [0.25, 0.3) is 22.3 Å². The van der Waals surface area contributed by atoms with Gasteiger partial charge in [-0.1, -0.05) is 37.3 Å². The second-order valence-corrected chi connectivity index (χ2v) is 12.1. The number of nitrogens with zero attached hydrogens (tertiary/aromatic N) is 2. The van der Waals surface area contributed by atoms with Gasteiger partial charge in [-0.3, -0.25) is 4.79 Å². The number of rotatable bonds is 7. The first-order valence-electron chi connectivity index (χ1n) is 15.1. The molecular weight excluding hydrogens is 603 g/mol. The number of halogens is 5.